The van der Waals surface area contributed by atoms with Crippen molar-refractivity contribution >= 4 is 25.7 Å². The Labute approximate surface area is 366 Å². The highest BCUT2D eigenvalue weighted by molar-refractivity contribution is 7.47. The molecule has 0 amide bonds. The number of carbonyl (C=O) groups is 3. The molecule has 0 bridgehead atoms. The van der Waals surface area contributed by atoms with Gasteiger partial charge in [0.15, 0.2) is 6.10 Å². The van der Waals surface area contributed by atoms with Crippen molar-refractivity contribution in [3.05, 3.63) is 97.2 Å². The summed E-state index contributed by atoms with van der Waals surface area (Å²) in [4.78, 5) is 46.1. The lowest BCUT2D eigenvalue weighted by atomic mass is 10.1. The van der Waals surface area contributed by atoms with Gasteiger partial charge in [-0.1, -0.05) is 137 Å². The first-order valence-electron chi connectivity index (χ1n) is 22.4. The standard InChI is InChI=1S/C48H76NO11P/c1-3-5-7-9-11-13-15-17-18-19-20-21-22-23-25-27-29-31-33-37-46(50)56-39-42(40-57-61(54,55)58-41-43(49)48(52)53)59-47(51)38-34-36-45-44(60-45)35-32-30-28-26-24-16-14-12-10-8-6-4-2/h11-14,17-18,20-21,23-26,29-32,42-45H,3-10,15-16,19,22,27-28,33-41,49H2,1-2H3,(H,52,53)(H,54,55)/b13-11-,14-12-,18-17-,21-20-,25-23-,26-24-,31-29-,32-30-/t42-,43+,44?,45?/m1/s1. The van der Waals surface area contributed by atoms with Gasteiger partial charge in [0.1, 0.15) is 12.6 Å². The summed E-state index contributed by atoms with van der Waals surface area (Å²) in [6, 6.07) is -1.55. The van der Waals surface area contributed by atoms with Crippen LogP contribution in [0.4, 0.5) is 0 Å². The van der Waals surface area contributed by atoms with Crippen LogP contribution < -0.4 is 5.73 Å². The van der Waals surface area contributed by atoms with E-state index < -0.39 is 57.7 Å². The van der Waals surface area contributed by atoms with E-state index in [4.69, 9.17) is 29.6 Å². The van der Waals surface area contributed by atoms with E-state index in [9.17, 15) is 23.8 Å². The van der Waals surface area contributed by atoms with Gasteiger partial charge in [-0.05, 0) is 89.9 Å². The minimum absolute atomic E-state index is 0.0513. The molecule has 1 heterocycles. The van der Waals surface area contributed by atoms with Crippen LogP contribution in [0, 0.1) is 0 Å². The second-order valence-corrected chi connectivity index (χ2v) is 16.3. The van der Waals surface area contributed by atoms with Crippen molar-refractivity contribution in [3.8, 4) is 0 Å². The number of esters is 2. The average Bonchev–Trinajstić information content (AvgIpc) is 3.99. The Bertz CT molecular complexity index is 1460. The zero-order valence-corrected chi connectivity index (χ0v) is 37.8. The first kappa shape index (κ1) is 55.4. The van der Waals surface area contributed by atoms with Gasteiger partial charge in [0.05, 0.1) is 25.4 Å². The van der Waals surface area contributed by atoms with Crippen molar-refractivity contribution in [1.29, 1.82) is 0 Å². The minimum atomic E-state index is -4.77. The molecule has 0 aromatic rings. The monoisotopic (exact) mass is 874 g/mol. The number of hydrogen-bond acceptors (Lipinski definition) is 10. The smallest absolute Gasteiger partial charge is 0.472 e. The number of phosphoric ester groups is 1. The first-order chi connectivity index (χ1) is 29.6. The number of ether oxygens (including phenoxy) is 3. The molecule has 0 saturated carbocycles. The Morgan fingerprint density at radius 3 is 1.59 bits per heavy atom. The summed E-state index contributed by atoms with van der Waals surface area (Å²) < 4.78 is 38.4. The Morgan fingerprint density at radius 1 is 0.607 bits per heavy atom. The number of carbonyl (C=O) groups excluding carboxylic acids is 2. The van der Waals surface area contributed by atoms with Crippen LogP contribution in [0.15, 0.2) is 97.2 Å². The maximum absolute atomic E-state index is 12.7. The molecule has 3 unspecified atom stereocenters. The summed E-state index contributed by atoms with van der Waals surface area (Å²) in [5, 5.41) is 8.90. The van der Waals surface area contributed by atoms with Crippen LogP contribution >= 0.6 is 7.82 Å². The average molecular weight is 874 g/mol. The maximum Gasteiger partial charge on any atom is 0.472 e. The zero-order valence-electron chi connectivity index (χ0n) is 36.9. The normalized spacial score (nSPS) is 17.9. The van der Waals surface area contributed by atoms with Gasteiger partial charge in [-0.3, -0.25) is 23.4 Å². The lowest BCUT2D eigenvalue weighted by Gasteiger charge is -2.20. The highest BCUT2D eigenvalue weighted by Gasteiger charge is 2.37. The molecule has 1 rings (SSSR count). The fraction of sp³-hybridized carbons (Fsp3) is 0.604. The third-order valence-corrected chi connectivity index (χ3v) is 10.2. The lowest BCUT2D eigenvalue weighted by molar-refractivity contribution is -0.161. The second kappa shape index (κ2) is 38.1. The van der Waals surface area contributed by atoms with Gasteiger partial charge in [0.25, 0.3) is 0 Å². The van der Waals surface area contributed by atoms with Crippen molar-refractivity contribution in [2.45, 2.75) is 167 Å². The molecule has 1 saturated heterocycles. The molecule has 0 aliphatic carbocycles. The number of aliphatic carboxylic acids is 1. The predicted octanol–water partition coefficient (Wildman–Crippen LogP) is 11.0. The Morgan fingerprint density at radius 2 is 1.08 bits per heavy atom. The van der Waals surface area contributed by atoms with Crippen molar-refractivity contribution in [1.82, 2.24) is 0 Å². The van der Waals surface area contributed by atoms with Crippen LogP contribution in [0.5, 0.6) is 0 Å². The van der Waals surface area contributed by atoms with Crippen molar-refractivity contribution in [2.75, 3.05) is 19.8 Å². The molecule has 0 radical (unpaired) electrons. The summed E-state index contributed by atoms with van der Waals surface area (Å²) >= 11 is 0. The van der Waals surface area contributed by atoms with Gasteiger partial charge < -0.3 is 29.9 Å². The quantitative estimate of drug-likeness (QED) is 0.0175. The zero-order chi connectivity index (χ0) is 44.7. The van der Waals surface area contributed by atoms with Crippen LogP contribution in [-0.2, 0) is 42.2 Å². The fourth-order valence-electron chi connectivity index (χ4n) is 5.60. The van der Waals surface area contributed by atoms with Crippen LogP contribution in [0.25, 0.3) is 0 Å². The van der Waals surface area contributed by atoms with Crippen LogP contribution in [0.2, 0.25) is 0 Å². The molecule has 13 heteroatoms. The van der Waals surface area contributed by atoms with E-state index in [-0.39, 0.29) is 25.0 Å². The number of carboxylic acid groups (broad SMARTS) is 1. The number of rotatable bonds is 39. The molecule has 4 N–H and O–H groups in total. The molecular formula is C48H76NO11P. The largest absolute Gasteiger partial charge is 0.480 e. The van der Waals surface area contributed by atoms with Crippen molar-refractivity contribution in [3.63, 3.8) is 0 Å². The summed E-state index contributed by atoms with van der Waals surface area (Å²) in [6.45, 7) is 2.57. The number of epoxide rings is 1. The number of unbranched alkanes of at least 4 members (excludes halogenated alkanes) is 6. The molecule has 12 nitrogen and oxygen atoms in total. The number of nitrogens with two attached hydrogens (primary N) is 1. The summed E-state index contributed by atoms with van der Waals surface area (Å²) in [5.41, 5.74) is 5.33. The van der Waals surface area contributed by atoms with E-state index >= 15 is 0 Å². The van der Waals surface area contributed by atoms with E-state index in [0.29, 0.717) is 19.3 Å². The Balaban J connectivity index is 2.40. The molecule has 61 heavy (non-hydrogen) atoms. The highest BCUT2D eigenvalue weighted by Crippen LogP contribution is 2.43. The van der Waals surface area contributed by atoms with E-state index in [1.54, 1.807) is 0 Å². The van der Waals surface area contributed by atoms with E-state index in [0.717, 1.165) is 57.8 Å². The third-order valence-electron chi connectivity index (χ3n) is 9.24. The van der Waals surface area contributed by atoms with Crippen LogP contribution in [0.1, 0.15) is 142 Å². The summed E-state index contributed by atoms with van der Waals surface area (Å²) in [6.07, 6.45) is 50.7. The van der Waals surface area contributed by atoms with Crippen molar-refractivity contribution < 1.29 is 52.2 Å². The highest BCUT2D eigenvalue weighted by atomic mass is 31.2. The number of allylic oxidation sites excluding steroid dienone is 15. The van der Waals surface area contributed by atoms with Gasteiger partial charge in [-0.2, -0.15) is 0 Å². The summed E-state index contributed by atoms with van der Waals surface area (Å²) in [5.74, 6) is -2.58. The first-order valence-corrected chi connectivity index (χ1v) is 23.9. The van der Waals surface area contributed by atoms with Crippen LogP contribution in [-0.4, -0.2) is 72.1 Å². The van der Waals surface area contributed by atoms with Gasteiger partial charge in [0, 0.05) is 12.8 Å². The van der Waals surface area contributed by atoms with Gasteiger partial charge in [0.2, 0.25) is 0 Å². The van der Waals surface area contributed by atoms with Crippen molar-refractivity contribution in [2.24, 2.45) is 5.73 Å². The molecule has 0 aromatic heterocycles. The molecule has 1 fully saturated rings. The molecular weight excluding hydrogens is 797 g/mol. The number of phosphoric acid groups is 1. The van der Waals surface area contributed by atoms with E-state index in [2.05, 4.69) is 103 Å². The topological polar surface area (TPSA) is 184 Å². The Hall–Kier alpha value is -3.64. The van der Waals surface area contributed by atoms with Gasteiger partial charge in [-0.15, -0.1) is 0 Å². The maximum atomic E-state index is 12.7. The van der Waals surface area contributed by atoms with Crippen LogP contribution in [0.3, 0.4) is 0 Å². The molecule has 1 aliphatic rings. The second-order valence-electron chi connectivity index (χ2n) is 14.9. The molecule has 0 spiro atoms. The molecule has 344 valence electrons. The van der Waals surface area contributed by atoms with E-state index in [1.807, 2.05) is 12.2 Å². The minimum Gasteiger partial charge on any atom is -0.480 e. The third kappa shape index (κ3) is 35.6. The summed E-state index contributed by atoms with van der Waals surface area (Å²) in [7, 11) is -4.77. The predicted molar refractivity (Wildman–Crippen MR) is 244 cm³/mol. The number of hydrogen-bond donors (Lipinski definition) is 3. The van der Waals surface area contributed by atoms with Gasteiger partial charge in [-0.25, -0.2) is 4.57 Å². The molecule has 0 aromatic carbocycles. The van der Waals surface area contributed by atoms with Gasteiger partial charge >= 0.3 is 25.7 Å². The lowest BCUT2D eigenvalue weighted by Crippen LogP contribution is -2.34. The molecule has 1 aliphatic heterocycles. The SMILES string of the molecule is CCCCC/C=C\C/C=C\C/C=C\C/C=C\C/C=C\CCC(=O)OC[C@H](COP(=O)(O)OC[C@H](N)C(=O)O)OC(=O)CCCC1OC1C/C=C\C/C=C\C/C=C\CCCCC. The molecule has 5 atom stereocenters. The number of carboxylic acids is 1. The van der Waals surface area contributed by atoms with E-state index in [1.165, 1.54) is 38.5 Å². The Kier molecular flexibility index (Phi) is 34.6. The fourth-order valence-corrected chi connectivity index (χ4v) is 6.38.